The van der Waals surface area contributed by atoms with E-state index >= 15 is 0 Å². The van der Waals surface area contributed by atoms with Crippen LogP contribution in [0.5, 0.6) is 5.75 Å². The molecule has 0 aromatic heterocycles. The Hall–Kier alpha value is -1.55. The van der Waals surface area contributed by atoms with Crippen molar-refractivity contribution in [3.8, 4) is 5.75 Å². The lowest BCUT2D eigenvalue weighted by atomic mass is 9.99. The van der Waals surface area contributed by atoms with Crippen molar-refractivity contribution in [1.29, 1.82) is 0 Å². The van der Waals surface area contributed by atoms with E-state index in [0.717, 1.165) is 5.56 Å². The number of hydrogen-bond acceptors (Lipinski definition) is 3. The Labute approximate surface area is 94.9 Å². The maximum Gasteiger partial charge on any atom is 0.251 e. The maximum absolute atomic E-state index is 11.6. The van der Waals surface area contributed by atoms with Crippen LogP contribution < -0.4 is 5.32 Å². The van der Waals surface area contributed by atoms with Crippen LogP contribution >= 0.6 is 0 Å². The molecule has 0 fully saturated rings. The predicted molar refractivity (Wildman–Crippen MR) is 61.6 cm³/mol. The highest BCUT2D eigenvalue weighted by Gasteiger charge is 2.10. The van der Waals surface area contributed by atoms with Gasteiger partial charge in [0.2, 0.25) is 0 Å². The minimum absolute atomic E-state index is 0.0825. The van der Waals surface area contributed by atoms with E-state index in [4.69, 9.17) is 5.11 Å². The molecule has 0 aliphatic rings. The molecular formula is C12H17NO3. The van der Waals surface area contributed by atoms with Crippen molar-refractivity contribution in [3.05, 3.63) is 29.3 Å². The molecule has 1 amide bonds. The zero-order chi connectivity index (χ0) is 12.1. The number of phenolic OH excluding ortho intramolecular Hbond substituents is 1. The average molecular weight is 223 g/mol. The van der Waals surface area contributed by atoms with E-state index in [1.165, 1.54) is 6.07 Å². The Kier molecular flexibility index (Phi) is 4.31. The van der Waals surface area contributed by atoms with E-state index in [2.05, 4.69) is 5.32 Å². The van der Waals surface area contributed by atoms with Crippen LogP contribution in [0.2, 0.25) is 0 Å². The SMILES string of the molecule is CC(C)c1cc(C(=O)NCCO)ccc1O. The summed E-state index contributed by atoms with van der Waals surface area (Å²) in [7, 11) is 0. The highest BCUT2D eigenvalue weighted by Crippen LogP contribution is 2.26. The van der Waals surface area contributed by atoms with Crippen molar-refractivity contribution in [2.24, 2.45) is 0 Å². The van der Waals surface area contributed by atoms with Gasteiger partial charge in [-0.2, -0.15) is 0 Å². The van der Waals surface area contributed by atoms with Gasteiger partial charge >= 0.3 is 0 Å². The van der Waals surface area contributed by atoms with Gasteiger partial charge in [0.25, 0.3) is 5.91 Å². The van der Waals surface area contributed by atoms with Crippen LogP contribution in [-0.4, -0.2) is 29.3 Å². The average Bonchev–Trinajstić information content (AvgIpc) is 2.26. The van der Waals surface area contributed by atoms with Crippen LogP contribution in [0.25, 0.3) is 0 Å². The summed E-state index contributed by atoms with van der Waals surface area (Å²) in [6.07, 6.45) is 0. The first-order chi connectivity index (χ1) is 7.56. The number of hydrogen-bond donors (Lipinski definition) is 3. The Bertz CT molecular complexity index is 375. The van der Waals surface area contributed by atoms with Gasteiger partial charge in [0, 0.05) is 12.1 Å². The molecule has 0 saturated heterocycles. The summed E-state index contributed by atoms with van der Waals surface area (Å²) in [4.78, 5) is 11.6. The number of nitrogens with one attached hydrogen (secondary N) is 1. The van der Waals surface area contributed by atoms with E-state index in [1.54, 1.807) is 12.1 Å². The fourth-order valence-corrected chi connectivity index (χ4v) is 1.43. The molecule has 0 spiro atoms. The lowest BCUT2D eigenvalue weighted by Gasteiger charge is -2.10. The predicted octanol–water partition coefficient (Wildman–Crippen LogP) is 1.24. The first-order valence-corrected chi connectivity index (χ1v) is 5.28. The normalized spacial score (nSPS) is 10.5. The minimum Gasteiger partial charge on any atom is -0.508 e. The van der Waals surface area contributed by atoms with E-state index in [0.29, 0.717) is 5.56 Å². The number of benzene rings is 1. The molecule has 4 nitrogen and oxygen atoms in total. The van der Waals surface area contributed by atoms with Crippen molar-refractivity contribution in [3.63, 3.8) is 0 Å². The Morgan fingerprint density at radius 1 is 1.44 bits per heavy atom. The monoisotopic (exact) mass is 223 g/mol. The summed E-state index contributed by atoms with van der Waals surface area (Å²) >= 11 is 0. The highest BCUT2D eigenvalue weighted by molar-refractivity contribution is 5.94. The van der Waals surface area contributed by atoms with Crippen LogP contribution in [0.1, 0.15) is 35.7 Å². The van der Waals surface area contributed by atoms with Gasteiger partial charge in [-0.15, -0.1) is 0 Å². The molecule has 0 bridgehead atoms. The molecule has 1 aromatic rings. The molecule has 1 aromatic carbocycles. The quantitative estimate of drug-likeness (QED) is 0.719. The lowest BCUT2D eigenvalue weighted by Crippen LogP contribution is -2.26. The van der Waals surface area contributed by atoms with Gasteiger partial charge in [-0.25, -0.2) is 0 Å². The van der Waals surface area contributed by atoms with Crippen LogP contribution in [0.3, 0.4) is 0 Å². The van der Waals surface area contributed by atoms with Crippen LogP contribution in [-0.2, 0) is 0 Å². The molecule has 0 unspecified atom stereocenters. The van der Waals surface area contributed by atoms with Crippen LogP contribution in [0.4, 0.5) is 0 Å². The second-order valence-corrected chi connectivity index (χ2v) is 3.91. The van der Waals surface area contributed by atoms with E-state index in [9.17, 15) is 9.90 Å². The topological polar surface area (TPSA) is 69.6 Å². The molecule has 0 aliphatic heterocycles. The minimum atomic E-state index is -0.240. The molecule has 0 atom stereocenters. The van der Waals surface area contributed by atoms with Gasteiger partial charge in [0.1, 0.15) is 5.75 Å². The molecule has 0 aliphatic carbocycles. The number of aliphatic hydroxyl groups excluding tert-OH is 1. The molecule has 0 radical (unpaired) electrons. The number of rotatable bonds is 4. The summed E-state index contributed by atoms with van der Waals surface area (Å²) in [6, 6.07) is 4.75. The van der Waals surface area contributed by atoms with Crippen molar-refractivity contribution < 1.29 is 15.0 Å². The third-order valence-electron chi connectivity index (χ3n) is 2.31. The standard InChI is InChI=1S/C12H17NO3/c1-8(2)10-7-9(3-4-11(10)15)12(16)13-5-6-14/h3-4,7-8,14-15H,5-6H2,1-2H3,(H,13,16). The molecule has 3 N–H and O–H groups in total. The molecule has 1 rings (SSSR count). The summed E-state index contributed by atoms with van der Waals surface area (Å²) in [5.74, 6) is 0.121. The first-order valence-electron chi connectivity index (χ1n) is 5.28. The number of aliphatic hydroxyl groups is 1. The lowest BCUT2D eigenvalue weighted by molar-refractivity contribution is 0.0944. The third-order valence-corrected chi connectivity index (χ3v) is 2.31. The van der Waals surface area contributed by atoms with Crippen LogP contribution in [0, 0.1) is 0 Å². The van der Waals surface area contributed by atoms with Gasteiger partial charge in [-0.05, 0) is 29.7 Å². The van der Waals surface area contributed by atoms with Crippen molar-refractivity contribution in [2.45, 2.75) is 19.8 Å². The summed E-state index contributed by atoms with van der Waals surface area (Å²) in [5, 5.41) is 20.7. The molecular weight excluding hydrogens is 206 g/mol. The Morgan fingerprint density at radius 2 is 2.12 bits per heavy atom. The maximum atomic E-state index is 11.6. The summed E-state index contributed by atoms with van der Waals surface area (Å²) < 4.78 is 0. The Morgan fingerprint density at radius 3 is 2.69 bits per heavy atom. The highest BCUT2D eigenvalue weighted by atomic mass is 16.3. The molecule has 4 heteroatoms. The fraction of sp³-hybridized carbons (Fsp3) is 0.417. The zero-order valence-corrected chi connectivity index (χ0v) is 9.53. The van der Waals surface area contributed by atoms with Gasteiger partial charge in [-0.3, -0.25) is 4.79 Å². The van der Waals surface area contributed by atoms with E-state index in [1.807, 2.05) is 13.8 Å². The summed E-state index contributed by atoms with van der Waals surface area (Å²) in [6.45, 7) is 4.05. The molecule has 88 valence electrons. The second-order valence-electron chi connectivity index (χ2n) is 3.91. The van der Waals surface area contributed by atoms with Crippen molar-refractivity contribution in [1.82, 2.24) is 5.32 Å². The second kappa shape index (κ2) is 5.51. The van der Waals surface area contributed by atoms with Crippen molar-refractivity contribution in [2.75, 3.05) is 13.2 Å². The van der Waals surface area contributed by atoms with Gasteiger partial charge in [0.05, 0.1) is 6.61 Å². The molecule has 16 heavy (non-hydrogen) atoms. The molecule has 0 heterocycles. The largest absolute Gasteiger partial charge is 0.508 e. The van der Waals surface area contributed by atoms with Crippen LogP contribution in [0.15, 0.2) is 18.2 Å². The fourth-order valence-electron chi connectivity index (χ4n) is 1.43. The third kappa shape index (κ3) is 2.97. The number of amides is 1. The summed E-state index contributed by atoms with van der Waals surface area (Å²) in [5.41, 5.74) is 1.24. The Balaban J connectivity index is 2.90. The number of carbonyl (C=O) groups is 1. The smallest absolute Gasteiger partial charge is 0.251 e. The van der Waals surface area contributed by atoms with E-state index < -0.39 is 0 Å². The van der Waals surface area contributed by atoms with Gasteiger partial charge in [-0.1, -0.05) is 13.8 Å². The van der Waals surface area contributed by atoms with Gasteiger partial charge < -0.3 is 15.5 Å². The number of phenols is 1. The first kappa shape index (κ1) is 12.5. The molecule has 0 saturated carbocycles. The van der Waals surface area contributed by atoms with E-state index in [-0.39, 0.29) is 30.7 Å². The number of carbonyl (C=O) groups excluding carboxylic acids is 1. The van der Waals surface area contributed by atoms with Gasteiger partial charge in [0.15, 0.2) is 0 Å². The zero-order valence-electron chi connectivity index (χ0n) is 9.53. The van der Waals surface area contributed by atoms with Crippen molar-refractivity contribution >= 4 is 5.91 Å². The number of aromatic hydroxyl groups is 1.